The van der Waals surface area contributed by atoms with Gasteiger partial charge in [0, 0.05) is 19.5 Å². The maximum absolute atomic E-state index is 11.7. The molecule has 2 rings (SSSR count). The zero-order valence-electron chi connectivity index (χ0n) is 10.7. The Morgan fingerprint density at radius 2 is 2.00 bits per heavy atom. The summed E-state index contributed by atoms with van der Waals surface area (Å²) in [6, 6.07) is 6.07. The second-order valence-electron chi connectivity index (χ2n) is 4.61. The molecule has 0 N–H and O–H groups in total. The number of likely N-dealkylation sites (N-methyl/N-ethyl adjacent to an activating group) is 1. The third-order valence-corrected chi connectivity index (χ3v) is 3.00. The highest BCUT2D eigenvalue weighted by Gasteiger charge is 2.14. The van der Waals surface area contributed by atoms with E-state index in [4.69, 9.17) is 4.42 Å². The number of amides is 1. The molecule has 1 aromatic carbocycles. The topological polar surface area (TPSA) is 33.5 Å². The lowest BCUT2D eigenvalue weighted by Crippen LogP contribution is -2.23. The van der Waals surface area contributed by atoms with E-state index >= 15 is 0 Å². The third-order valence-electron chi connectivity index (χ3n) is 3.00. The molecule has 3 nitrogen and oxygen atoms in total. The molecule has 0 aliphatic carbocycles. The van der Waals surface area contributed by atoms with Crippen LogP contribution in [0.1, 0.15) is 16.9 Å². The van der Waals surface area contributed by atoms with E-state index < -0.39 is 0 Å². The molecule has 0 atom stereocenters. The lowest BCUT2D eigenvalue weighted by Gasteiger charge is -2.08. The lowest BCUT2D eigenvalue weighted by atomic mass is 10.1. The third kappa shape index (κ3) is 2.18. The Balaban J connectivity index is 2.42. The van der Waals surface area contributed by atoms with Crippen LogP contribution in [0.3, 0.4) is 0 Å². The molecule has 0 spiro atoms. The van der Waals surface area contributed by atoms with Crippen molar-refractivity contribution in [1.82, 2.24) is 4.90 Å². The van der Waals surface area contributed by atoms with Gasteiger partial charge in [0.15, 0.2) is 0 Å². The van der Waals surface area contributed by atoms with Crippen molar-refractivity contribution in [3.63, 3.8) is 0 Å². The maximum atomic E-state index is 11.7. The van der Waals surface area contributed by atoms with Gasteiger partial charge in [-0.1, -0.05) is 11.6 Å². The van der Waals surface area contributed by atoms with Gasteiger partial charge in [0.05, 0.1) is 6.42 Å². The number of fused-ring (bicyclic) bond motifs is 1. The van der Waals surface area contributed by atoms with Gasteiger partial charge >= 0.3 is 0 Å². The van der Waals surface area contributed by atoms with Gasteiger partial charge in [-0.2, -0.15) is 0 Å². The number of furan rings is 1. The fraction of sp³-hybridized carbons (Fsp3) is 0.357. The first-order valence-electron chi connectivity index (χ1n) is 5.68. The maximum Gasteiger partial charge on any atom is 0.229 e. The van der Waals surface area contributed by atoms with Crippen LogP contribution in [0.5, 0.6) is 0 Å². The molecule has 90 valence electrons. The Kier molecular flexibility index (Phi) is 2.92. The van der Waals surface area contributed by atoms with Crippen molar-refractivity contribution in [2.45, 2.75) is 20.3 Å². The van der Waals surface area contributed by atoms with Gasteiger partial charge in [-0.15, -0.1) is 0 Å². The van der Waals surface area contributed by atoms with Crippen LogP contribution in [-0.4, -0.2) is 24.9 Å². The summed E-state index contributed by atoms with van der Waals surface area (Å²) in [7, 11) is 3.51. The van der Waals surface area contributed by atoms with Crippen LogP contribution in [0.25, 0.3) is 11.0 Å². The smallest absolute Gasteiger partial charge is 0.229 e. The van der Waals surface area contributed by atoms with Crippen LogP contribution in [0.4, 0.5) is 0 Å². The summed E-state index contributed by atoms with van der Waals surface area (Å²) >= 11 is 0. The summed E-state index contributed by atoms with van der Waals surface area (Å²) < 4.78 is 5.73. The fourth-order valence-electron chi connectivity index (χ4n) is 1.85. The Morgan fingerprint density at radius 1 is 1.29 bits per heavy atom. The summed E-state index contributed by atoms with van der Waals surface area (Å²) in [6.45, 7) is 4.06. The largest absolute Gasteiger partial charge is 0.460 e. The minimum atomic E-state index is 0.0591. The molecule has 1 heterocycles. The molecular weight excluding hydrogens is 214 g/mol. The first-order chi connectivity index (χ1) is 7.99. The molecule has 0 bridgehead atoms. The van der Waals surface area contributed by atoms with E-state index in [-0.39, 0.29) is 5.91 Å². The number of carbonyl (C=O) groups excluding carboxylic acids is 1. The van der Waals surface area contributed by atoms with Gasteiger partial charge in [0.1, 0.15) is 11.3 Å². The predicted octanol–water partition coefficient (Wildman–Crippen LogP) is 2.68. The molecule has 17 heavy (non-hydrogen) atoms. The van der Waals surface area contributed by atoms with E-state index in [1.807, 2.05) is 19.1 Å². The second-order valence-corrected chi connectivity index (χ2v) is 4.61. The van der Waals surface area contributed by atoms with Crippen molar-refractivity contribution >= 4 is 16.9 Å². The molecular formula is C14H17NO2. The fourth-order valence-corrected chi connectivity index (χ4v) is 1.85. The van der Waals surface area contributed by atoms with Crippen molar-refractivity contribution in [3.8, 4) is 0 Å². The average molecular weight is 231 g/mol. The zero-order valence-corrected chi connectivity index (χ0v) is 10.7. The standard InChI is InChI=1S/C14H17NO2/c1-9-5-6-12-11(7-9)10(2)13(17-12)8-14(16)15(3)4/h5-7H,8H2,1-4H3. The van der Waals surface area contributed by atoms with Crippen LogP contribution in [0.2, 0.25) is 0 Å². The molecule has 1 aromatic heterocycles. The van der Waals surface area contributed by atoms with Crippen molar-refractivity contribution in [1.29, 1.82) is 0 Å². The predicted molar refractivity (Wildman–Crippen MR) is 68.1 cm³/mol. The van der Waals surface area contributed by atoms with Crippen LogP contribution in [-0.2, 0) is 11.2 Å². The van der Waals surface area contributed by atoms with Crippen molar-refractivity contribution in [2.24, 2.45) is 0 Å². The molecule has 0 radical (unpaired) electrons. The van der Waals surface area contributed by atoms with Crippen molar-refractivity contribution < 1.29 is 9.21 Å². The van der Waals surface area contributed by atoms with Gasteiger partial charge in [-0.05, 0) is 31.5 Å². The number of nitrogens with zero attached hydrogens (tertiary/aromatic N) is 1. The van der Waals surface area contributed by atoms with Crippen molar-refractivity contribution in [3.05, 3.63) is 35.1 Å². The van der Waals surface area contributed by atoms with E-state index in [1.54, 1.807) is 19.0 Å². The second kappa shape index (κ2) is 4.24. The molecule has 1 amide bonds. The molecule has 0 saturated heterocycles. The first-order valence-corrected chi connectivity index (χ1v) is 5.68. The summed E-state index contributed by atoms with van der Waals surface area (Å²) in [5.74, 6) is 0.827. The summed E-state index contributed by atoms with van der Waals surface area (Å²) in [6.07, 6.45) is 0.326. The molecule has 0 unspecified atom stereocenters. The molecule has 3 heteroatoms. The number of benzene rings is 1. The highest BCUT2D eigenvalue weighted by molar-refractivity contribution is 5.85. The number of hydrogen-bond acceptors (Lipinski definition) is 2. The van der Waals surface area contributed by atoms with Gasteiger partial charge in [0.25, 0.3) is 0 Å². The molecule has 0 saturated carbocycles. The summed E-state index contributed by atoms with van der Waals surface area (Å²) in [4.78, 5) is 13.3. The summed E-state index contributed by atoms with van der Waals surface area (Å²) in [5.41, 5.74) is 3.13. The number of rotatable bonds is 2. The number of aryl methyl sites for hydroxylation is 2. The number of carbonyl (C=O) groups is 1. The van der Waals surface area contributed by atoms with Crippen LogP contribution >= 0.6 is 0 Å². The van der Waals surface area contributed by atoms with Gasteiger partial charge < -0.3 is 9.32 Å². The van der Waals surface area contributed by atoms with Crippen LogP contribution < -0.4 is 0 Å². The lowest BCUT2D eigenvalue weighted by molar-refractivity contribution is -0.128. The Bertz CT molecular complexity index is 567. The van der Waals surface area contributed by atoms with Gasteiger partial charge in [-0.25, -0.2) is 0 Å². The zero-order chi connectivity index (χ0) is 12.6. The van der Waals surface area contributed by atoms with Gasteiger partial charge in [0.2, 0.25) is 5.91 Å². The highest BCUT2D eigenvalue weighted by atomic mass is 16.3. The molecule has 0 fully saturated rings. The van der Waals surface area contributed by atoms with E-state index in [1.165, 1.54) is 5.56 Å². The summed E-state index contributed by atoms with van der Waals surface area (Å²) in [5, 5.41) is 1.10. The van der Waals surface area contributed by atoms with Gasteiger partial charge in [-0.3, -0.25) is 4.79 Å². The Hall–Kier alpha value is -1.77. The minimum Gasteiger partial charge on any atom is -0.460 e. The SMILES string of the molecule is Cc1ccc2oc(CC(=O)N(C)C)c(C)c2c1. The quantitative estimate of drug-likeness (QED) is 0.796. The Morgan fingerprint density at radius 3 is 2.65 bits per heavy atom. The van der Waals surface area contributed by atoms with E-state index in [0.717, 1.165) is 22.3 Å². The normalized spacial score (nSPS) is 10.8. The highest BCUT2D eigenvalue weighted by Crippen LogP contribution is 2.26. The molecule has 2 aromatic rings. The molecule has 0 aliphatic rings. The number of hydrogen-bond donors (Lipinski definition) is 0. The minimum absolute atomic E-state index is 0.0591. The average Bonchev–Trinajstić information content (AvgIpc) is 2.56. The van der Waals surface area contributed by atoms with E-state index in [0.29, 0.717) is 6.42 Å². The van der Waals surface area contributed by atoms with Crippen LogP contribution in [0, 0.1) is 13.8 Å². The molecule has 0 aliphatic heterocycles. The first kappa shape index (κ1) is 11.7. The monoisotopic (exact) mass is 231 g/mol. The van der Waals surface area contributed by atoms with Crippen LogP contribution in [0.15, 0.2) is 22.6 Å². The van der Waals surface area contributed by atoms with Crippen molar-refractivity contribution in [2.75, 3.05) is 14.1 Å². The van der Waals surface area contributed by atoms with E-state index in [2.05, 4.69) is 13.0 Å². The Labute approximate surface area is 101 Å². The van der Waals surface area contributed by atoms with E-state index in [9.17, 15) is 4.79 Å².